The maximum Gasteiger partial charge on any atom is 0.327 e. The molecule has 1 aliphatic carbocycles. The number of carbonyl (C=O) groups excluding carboxylic acids is 2. The number of para-hydroxylation sites is 2. The zero-order valence-electron chi connectivity index (χ0n) is 17.4. The molecule has 0 spiro atoms. The molecule has 1 heterocycles. The third kappa shape index (κ3) is 3.87. The Morgan fingerprint density at radius 1 is 0.875 bits per heavy atom. The van der Waals surface area contributed by atoms with E-state index in [1.165, 1.54) is 0 Å². The minimum atomic E-state index is -1.03. The molecule has 4 aromatic rings. The predicted octanol–water partition coefficient (Wildman–Crippen LogP) is 3.72. The highest BCUT2D eigenvalue weighted by molar-refractivity contribution is 5.94. The summed E-state index contributed by atoms with van der Waals surface area (Å²) in [6.45, 7) is -0.124. The van der Waals surface area contributed by atoms with Gasteiger partial charge in [0.1, 0.15) is 6.54 Å². The fraction of sp³-hybridized carbons (Fsp3) is 0.192. The molecule has 6 nitrogen and oxygen atoms in total. The van der Waals surface area contributed by atoms with Gasteiger partial charge in [-0.05, 0) is 37.1 Å². The SMILES string of the molecule is O=C(Cn1c2ccccc2c(=O)c2ccccc21)OC(C(=O)NC1CC1)c1ccccc1. The molecule has 3 aromatic carbocycles. The van der Waals surface area contributed by atoms with Crippen molar-refractivity contribution in [3.8, 4) is 0 Å². The average Bonchev–Trinajstić information content (AvgIpc) is 3.64. The number of rotatable bonds is 6. The summed E-state index contributed by atoms with van der Waals surface area (Å²) >= 11 is 0. The van der Waals surface area contributed by atoms with Crippen molar-refractivity contribution in [1.82, 2.24) is 9.88 Å². The summed E-state index contributed by atoms with van der Waals surface area (Å²) in [6.07, 6.45) is 0.855. The van der Waals surface area contributed by atoms with Crippen molar-refractivity contribution in [3.05, 3.63) is 94.6 Å². The Kier molecular flexibility index (Phi) is 5.19. The number of benzene rings is 3. The Morgan fingerprint density at radius 2 is 1.44 bits per heavy atom. The zero-order chi connectivity index (χ0) is 22.1. The summed E-state index contributed by atoms with van der Waals surface area (Å²) < 4.78 is 7.48. The highest BCUT2D eigenvalue weighted by Crippen LogP contribution is 2.24. The Labute approximate surface area is 184 Å². The molecule has 1 aromatic heterocycles. The minimum Gasteiger partial charge on any atom is -0.446 e. The summed E-state index contributed by atoms with van der Waals surface area (Å²) in [6, 6.07) is 23.5. The van der Waals surface area contributed by atoms with E-state index in [-0.39, 0.29) is 23.9 Å². The second kappa shape index (κ2) is 8.30. The first-order valence-electron chi connectivity index (χ1n) is 10.7. The van der Waals surface area contributed by atoms with E-state index in [9.17, 15) is 14.4 Å². The van der Waals surface area contributed by atoms with Gasteiger partial charge in [0.15, 0.2) is 5.43 Å². The Hall–Kier alpha value is -3.93. The molecule has 1 N–H and O–H groups in total. The molecule has 1 fully saturated rings. The number of amides is 1. The normalized spacial score (nSPS) is 14.2. The van der Waals surface area contributed by atoms with Crippen LogP contribution < -0.4 is 10.7 Å². The van der Waals surface area contributed by atoms with E-state index >= 15 is 0 Å². The lowest BCUT2D eigenvalue weighted by Crippen LogP contribution is -2.34. The van der Waals surface area contributed by atoms with E-state index < -0.39 is 12.1 Å². The number of nitrogens with zero attached hydrogens (tertiary/aromatic N) is 1. The first-order chi connectivity index (χ1) is 15.6. The van der Waals surface area contributed by atoms with Gasteiger partial charge in [-0.25, -0.2) is 0 Å². The van der Waals surface area contributed by atoms with Crippen LogP contribution in [0, 0.1) is 0 Å². The molecule has 5 rings (SSSR count). The second-order valence-corrected chi connectivity index (χ2v) is 8.01. The van der Waals surface area contributed by atoms with Gasteiger partial charge in [-0.1, -0.05) is 54.6 Å². The van der Waals surface area contributed by atoms with Crippen LogP contribution in [-0.4, -0.2) is 22.5 Å². The van der Waals surface area contributed by atoms with E-state index in [2.05, 4.69) is 5.32 Å². The first kappa shape index (κ1) is 20.0. The van der Waals surface area contributed by atoms with Crippen molar-refractivity contribution in [2.45, 2.75) is 31.5 Å². The lowest BCUT2D eigenvalue weighted by atomic mass is 10.1. The largest absolute Gasteiger partial charge is 0.446 e. The standard InChI is InChI=1S/C26H22N2O4/c29-23(32-25(17-8-2-1-3-9-17)26(31)27-18-14-15-18)16-28-21-12-6-4-10-19(21)24(30)20-11-5-7-13-22(20)28/h1-13,18,25H,14-16H2,(H,27,31). The van der Waals surface area contributed by atoms with Gasteiger partial charge in [0.2, 0.25) is 6.10 Å². The number of hydrogen-bond donors (Lipinski definition) is 1. The Morgan fingerprint density at radius 3 is 2.03 bits per heavy atom. The van der Waals surface area contributed by atoms with Gasteiger partial charge in [0, 0.05) is 22.4 Å². The molecule has 0 radical (unpaired) electrons. The predicted molar refractivity (Wildman–Crippen MR) is 122 cm³/mol. The number of pyridine rings is 1. The maximum absolute atomic E-state index is 13.1. The summed E-state index contributed by atoms with van der Waals surface area (Å²) in [5, 5.41) is 3.99. The van der Waals surface area contributed by atoms with Crippen LogP contribution in [0.3, 0.4) is 0 Å². The number of nitrogens with one attached hydrogen (secondary N) is 1. The molecule has 0 aliphatic heterocycles. The van der Waals surface area contributed by atoms with Crippen molar-refractivity contribution in [2.75, 3.05) is 0 Å². The lowest BCUT2D eigenvalue weighted by Gasteiger charge is -2.20. The number of carbonyl (C=O) groups is 2. The molecule has 160 valence electrons. The number of aromatic nitrogens is 1. The average molecular weight is 426 g/mol. The van der Waals surface area contributed by atoms with Gasteiger partial charge in [0.05, 0.1) is 11.0 Å². The highest BCUT2D eigenvalue weighted by Gasteiger charge is 2.31. The van der Waals surface area contributed by atoms with Gasteiger partial charge in [-0.2, -0.15) is 0 Å². The van der Waals surface area contributed by atoms with Crippen molar-refractivity contribution in [1.29, 1.82) is 0 Å². The number of hydrogen-bond acceptors (Lipinski definition) is 4. The van der Waals surface area contributed by atoms with Crippen LogP contribution in [-0.2, 0) is 20.9 Å². The molecule has 1 amide bonds. The number of esters is 1. The molecule has 0 saturated heterocycles. The van der Waals surface area contributed by atoms with E-state index in [0.717, 1.165) is 12.8 Å². The van der Waals surface area contributed by atoms with Crippen molar-refractivity contribution >= 4 is 33.7 Å². The third-order valence-corrected chi connectivity index (χ3v) is 5.68. The highest BCUT2D eigenvalue weighted by atomic mass is 16.5. The summed E-state index contributed by atoms with van der Waals surface area (Å²) in [4.78, 5) is 38.8. The fourth-order valence-corrected chi connectivity index (χ4v) is 3.95. The topological polar surface area (TPSA) is 77.4 Å². The van der Waals surface area contributed by atoms with Crippen LogP contribution in [0.25, 0.3) is 21.8 Å². The van der Waals surface area contributed by atoms with E-state index in [0.29, 0.717) is 27.4 Å². The Bertz CT molecular complexity index is 1310. The molecule has 0 bridgehead atoms. The van der Waals surface area contributed by atoms with E-state index in [1.54, 1.807) is 41.0 Å². The van der Waals surface area contributed by atoms with Crippen molar-refractivity contribution < 1.29 is 14.3 Å². The summed E-state index contributed by atoms with van der Waals surface area (Å²) in [7, 11) is 0. The van der Waals surface area contributed by atoms with Crippen LogP contribution in [0.2, 0.25) is 0 Å². The van der Waals surface area contributed by atoms with Gasteiger partial charge in [0.25, 0.3) is 5.91 Å². The number of fused-ring (bicyclic) bond motifs is 2. The van der Waals surface area contributed by atoms with Crippen LogP contribution in [0.5, 0.6) is 0 Å². The third-order valence-electron chi connectivity index (χ3n) is 5.68. The molecule has 1 aliphatic rings. The zero-order valence-corrected chi connectivity index (χ0v) is 17.4. The molecule has 1 unspecified atom stereocenters. The van der Waals surface area contributed by atoms with Crippen LogP contribution in [0.4, 0.5) is 0 Å². The summed E-state index contributed by atoms with van der Waals surface area (Å²) in [5.41, 5.74) is 1.83. The fourth-order valence-electron chi connectivity index (χ4n) is 3.95. The van der Waals surface area contributed by atoms with Gasteiger partial charge < -0.3 is 14.6 Å². The lowest BCUT2D eigenvalue weighted by molar-refractivity contribution is -0.157. The smallest absolute Gasteiger partial charge is 0.327 e. The maximum atomic E-state index is 13.1. The van der Waals surface area contributed by atoms with Crippen LogP contribution in [0.15, 0.2) is 83.7 Å². The summed E-state index contributed by atoms with van der Waals surface area (Å²) in [5.74, 6) is -0.870. The monoisotopic (exact) mass is 426 g/mol. The molecular weight excluding hydrogens is 404 g/mol. The molecule has 6 heteroatoms. The molecule has 1 atom stereocenters. The quantitative estimate of drug-likeness (QED) is 0.377. The molecule has 1 saturated carbocycles. The number of ether oxygens (including phenoxy) is 1. The van der Waals surface area contributed by atoms with Gasteiger partial charge in [-0.15, -0.1) is 0 Å². The Balaban J connectivity index is 1.50. The van der Waals surface area contributed by atoms with E-state index in [4.69, 9.17) is 4.74 Å². The molecular formula is C26H22N2O4. The molecule has 32 heavy (non-hydrogen) atoms. The van der Waals surface area contributed by atoms with Gasteiger partial charge in [-0.3, -0.25) is 14.4 Å². The van der Waals surface area contributed by atoms with Crippen LogP contribution in [0.1, 0.15) is 24.5 Å². The first-order valence-corrected chi connectivity index (χ1v) is 10.7. The van der Waals surface area contributed by atoms with Crippen molar-refractivity contribution in [2.24, 2.45) is 0 Å². The van der Waals surface area contributed by atoms with Crippen LogP contribution >= 0.6 is 0 Å². The van der Waals surface area contributed by atoms with E-state index in [1.807, 2.05) is 42.5 Å². The minimum absolute atomic E-state index is 0.0770. The van der Waals surface area contributed by atoms with Crippen molar-refractivity contribution in [3.63, 3.8) is 0 Å². The second-order valence-electron chi connectivity index (χ2n) is 8.01. The van der Waals surface area contributed by atoms with Gasteiger partial charge >= 0.3 is 5.97 Å².